The van der Waals surface area contributed by atoms with Gasteiger partial charge in [-0.05, 0) is 35.7 Å². The zero-order chi connectivity index (χ0) is 20.5. The minimum absolute atomic E-state index is 0.00189. The molecular weight excluding hydrogens is 378 g/mol. The van der Waals surface area contributed by atoms with Gasteiger partial charge in [-0.1, -0.05) is 24.3 Å². The van der Waals surface area contributed by atoms with Gasteiger partial charge in [0.2, 0.25) is 5.43 Å². The second-order valence-electron chi connectivity index (χ2n) is 6.66. The van der Waals surface area contributed by atoms with E-state index in [0.717, 1.165) is 10.8 Å². The van der Waals surface area contributed by atoms with Crippen LogP contribution in [0.5, 0.6) is 0 Å². The van der Waals surface area contributed by atoms with Crippen LogP contribution in [-0.4, -0.2) is 25.4 Å². The Morgan fingerprint density at radius 3 is 2.50 bits per heavy atom. The third kappa shape index (κ3) is 2.98. The number of nitrogens with zero attached hydrogens (tertiary/aromatic N) is 4. The number of carbonyl (C=O) groups is 1. The highest BCUT2D eigenvalue weighted by molar-refractivity contribution is 6.06. The van der Waals surface area contributed by atoms with Crippen LogP contribution in [0.15, 0.2) is 90.4 Å². The first-order valence-electron chi connectivity index (χ1n) is 9.28. The molecule has 4 heterocycles. The van der Waals surface area contributed by atoms with E-state index in [0.29, 0.717) is 22.5 Å². The van der Waals surface area contributed by atoms with Crippen molar-refractivity contribution in [3.8, 4) is 5.82 Å². The number of fused-ring (bicyclic) bond motifs is 2. The van der Waals surface area contributed by atoms with Crippen molar-refractivity contribution >= 4 is 33.4 Å². The summed E-state index contributed by atoms with van der Waals surface area (Å²) in [5.74, 6) is 0.0840. The standard InChI is InChI=1S/C23H15N5O2/c29-20-18-6-3-10-25-22(18)28(21-17-5-2-1-4-15(17)7-13-26-21)14-19(20)23(30)27-16-8-11-24-12-9-16/h1-14H,(H,24,27,30). The molecule has 0 aliphatic rings. The summed E-state index contributed by atoms with van der Waals surface area (Å²) in [6.45, 7) is 0. The molecule has 4 aromatic heterocycles. The van der Waals surface area contributed by atoms with Crippen molar-refractivity contribution in [2.24, 2.45) is 0 Å². The molecule has 5 aromatic rings. The number of benzene rings is 1. The van der Waals surface area contributed by atoms with Crippen molar-refractivity contribution in [2.45, 2.75) is 0 Å². The molecule has 0 saturated carbocycles. The van der Waals surface area contributed by atoms with E-state index < -0.39 is 5.91 Å². The van der Waals surface area contributed by atoms with Gasteiger partial charge in [-0.15, -0.1) is 0 Å². The Kier molecular flexibility index (Phi) is 4.25. The maximum Gasteiger partial charge on any atom is 0.261 e. The third-order valence-electron chi connectivity index (χ3n) is 4.83. The molecule has 0 saturated heterocycles. The van der Waals surface area contributed by atoms with Crippen molar-refractivity contribution in [2.75, 3.05) is 5.32 Å². The molecule has 1 N–H and O–H groups in total. The zero-order valence-corrected chi connectivity index (χ0v) is 15.7. The Morgan fingerprint density at radius 2 is 1.63 bits per heavy atom. The van der Waals surface area contributed by atoms with Crippen LogP contribution in [0.25, 0.3) is 27.6 Å². The monoisotopic (exact) mass is 393 g/mol. The summed E-state index contributed by atoms with van der Waals surface area (Å²) in [6.07, 6.45) is 7.95. The molecule has 0 unspecified atom stereocenters. The molecule has 0 aliphatic heterocycles. The summed E-state index contributed by atoms with van der Waals surface area (Å²) in [5.41, 5.74) is 0.602. The van der Waals surface area contributed by atoms with Gasteiger partial charge in [0, 0.05) is 42.1 Å². The Bertz CT molecular complexity index is 1460. The lowest BCUT2D eigenvalue weighted by atomic mass is 10.1. The average molecular weight is 393 g/mol. The topological polar surface area (TPSA) is 89.8 Å². The van der Waals surface area contributed by atoms with E-state index in [9.17, 15) is 9.59 Å². The number of anilines is 1. The van der Waals surface area contributed by atoms with Crippen LogP contribution in [-0.2, 0) is 0 Å². The highest BCUT2D eigenvalue weighted by Gasteiger charge is 2.18. The number of nitrogens with one attached hydrogen (secondary N) is 1. The molecule has 5 rings (SSSR count). The fourth-order valence-electron chi connectivity index (χ4n) is 3.41. The SMILES string of the molecule is O=C(Nc1ccncc1)c1cn(-c2nccc3ccccc23)c2ncccc2c1=O. The summed E-state index contributed by atoms with van der Waals surface area (Å²) in [4.78, 5) is 38.8. The van der Waals surface area contributed by atoms with E-state index in [1.807, 2.05) is 30.3 Å². The maximum atomic E-state index is 13.1. The molecule has 7 nitrogen and oxygen atoms in total. The molecule has 144 valence electrons. The molecule has 0 atom stereocenters. The van der Waals surface area contributed by atoms with E-state index in [-0.39, 0.29) is 11.0 Å². The van der Waals surface area contributed by atoms with Gasteiger partial charge in [-0.3, -0.25) is 19.1 Å². The molecule has 0 radical (unpaired) electrons. The second-order valence-corrected chi connectivity index (χ2v) is 6.66. The van der Waals surface area contributed by atoms with E-state index >= 15 is 0 Å². The molecule has 0 bridgehead atoms. The van der Waals surface area contributed by atoms with Crippen LogP contribution in [0.3, 0.4) is 0 Å². The van der Waals surface area contributed by atoms with Crippen LogP contribution in [0, 0.1) is 0 Å². The first kappa shape index (κ1) is 17.7. The molecule has 30 heavy (non-hydrogen) atoms. The van der Waals surface area contributed by atoms with E-state index in [4.69, 9.17) is 0 Å². The Hall–Kier alpha value is -4.39. The number of amides is 1. The predicted octanol–water partition coefficient (Wildman–Crippen LogP) is 3.58. The normalized spacial score (nSPS) is 10.9. The molecule has 7 heteroatoms. The molecular formula is C23H15N5O2. The molecule has 1 aromatic carbocycles. The fraction of sp³-hybridized carbons (Fsp3) is 0. The summed E-state index contributed by atoms with van der Waals surface area (Å²) in [7, 11) is 0. The van der Waals surface area contributed by atoms with Crippen LogP contribution in [0.1, 0.15) is 10.4 Å². The van der Waals surface area contributed by atoms with E-state index in [1.54, 1.807) is 53.6 Å². The van der Waals surface area contributed by atoms with Crippen molar-refractivity contribution in [3.63, 3.8) is 0 Å². The van der Waals surface area contributed by atoms with Gasteiger partial charge in [0.25, 0.3) is 5.91 Å². The summed E-state index contributed by atoms with van der Waals surface area (Å²) in [6, 6.07) is 16.4. The average Bonchev–Trinajstić information content (AvgIpc) is 2.80. The molecule has 1 amide bonds. The zero-order valence-electron chi connectivity index (χ0n) is 15.7. The van der Waals surface area contributed by atoms with Gasteiger partial charge in [0.05, 0.1) is 5.39 Å². The number of rotatable bonds is 3. The van der Waals surface area contributed by atoms with E-state index in [2.05, 4.69) is 20.3 Å². The highest BCUT2D eigenvalue weighted by Crippen LogP contribution is 2.23. The summed E-state index contributed by atoms with van der Waals surface area (Å²) in [5, 5.41) is 4.97. The Labute approximate surface area is 170 Å². The van der Waals surface area contributed by atoms with Crippen molar-refractivity contribution in [1.29, 1.82) is 0 Å². The fourth-order valence-corrected chi connectivity index (χ4v) is 3.41. The van der Waals surface area contributed by atoms with Gasteiger partial charge in [0.15, 0.2) is 0 Å². The first-order chi connectivity index (χ1) is 14.7. The predicted molar refractivity (Wildman–Crippen MR) is 115 cm³/mol. The maximum absolute atomic E-state index is 13.1. The van der Waals surface area contributed by atoms with Crippen molar-refractivity contribution in [3.05, 3.63) is 101 Å². The third-order valence-corrected chi connectivity index (χ3v) is 4.83. The van der Waals surface area contributed by atoms with Gasteiger partial charge < -0.3 is 5.32 Å². The molecule has 0 spiro atoms. The Morgan fingerprint density at radius 1 is 0.833 bits per heavy atom. The Balaban J connectivity index is 1.75. The molecule has 0 aliphatic carbocycles. The van der Waals surface area contributed by atoms with Gasteiger partial charge >= 0.3 is 0 Å². The lowest BCUT2D eigenvalue weighted by Crippen LogP contribution is -2.24. The lowest BCUT2D eigenvalue weighted by Gasteiger charge is -2.14. The summed E-state index contributed by atoms with van der Waals surface area (Å²) >= 11 is 0. The van der Waals surface area contributed by atoms with Crippen LogP contribution >= 0.6 is 0 Å². The second kappa shape index (κ2) is 7.21. The minimum Gasteiger partial charge on any atom is -0.322 e. The summed E-state index contributed by atoms with van der Waals surface area (Å²) < 4.78 is 1.69. The minimum atomic E-state index is -0.508. The van der Waals surface area contributed by atoms with Crippen LogP contribution < -0.4 is 10.7 Å². The highest BCUT2D eigenvalue weighted by atomic mass is 16.2. The van der Waals surface area contributed by atoms with Gasteiger partial charge in [0.1, 0.15) is 17.0 Å². The molecule has 0 fully saturated rings. The van der Waals surface area contributed by atoms with Crippen molar-refractivity contribution in [1.82, 2.24) is 19.5 Å². The number of hydrogen-bond acceptors (Lipinski definition) is 5. The van der Waals surface area contributed by atoms with Crippen LogP contribution in [0.4, 0.5) is 5.69 Å². The lowest BCUT2D eigenvalue weighted by molar-refractivity contribution is 0.102. The number of carbonyl (C=O) groups excluding carboxylic acids is 1. The van der Waals surface area contributed by atoms with Crippen LogP contribution in [0.2, 0.25) is 0 Å². The number of hydrogen-bond donors (Lipinski definition) is 1. The van der Waals surface area contributed by atoms with Crippen molar-refractivity contribution < 1.29 is 4.79 Å². The number of pyridine rings is 4. The first-order valence-corrected chi connectivity index (χ1v) is 9.28. The quantitative estimate of drug-likeness (QED) is 0.506. The van der Waals surface area contributed by atoms with E-state index in [1.165, 1.54) is 6.20 Å². The smallest absolute Gasteiger partial charge is 0.261 e. The number of aromatic nitrogens is 4. The largest absolute Gasteiger partial charge is 0.322 e. The van der Waals surface area contributed by atoms with Gasteiger partial charge in [-0.25, -0.2) is 9.97 Å². The van der Waals surface area contributed by atoms with Gasteiger partial charge in [-0.2, -0.15) is 0 Å².